The van der Waals surface area contributed by atoms with E-state index in [1.165, 1.54) is 9.80 Å². The molecule has 106 valence electrons. The van der Waals surface area contributed by atoms with Crippen LogP contribution in [0.15, 0.2) is 0 Å². The second kappa shape index (κ2) is 4.83. The fraction of sp³-hybridized carbons (Fsp3) is 0.769. The minimum absolute atomic E-state index is 0.0487. The van der Waals surface area contributed by atoms with E-state index in [4.69, 9.17) is 0 Å². The molecular weight excluding hydrogens is 248 g/mol. The Bertz CT molecular complexity index is 423. The van der Waals surface area contributed by atoms with Crippen LogP contribution in [0.4, 0.5) is 0 Å². The van der Waals surface area contributed by atoms with E-state index in [2.05, 4.69) is 0 Å². The van der Waals surface area contributed by atoms with Crippen LogP contribution in [0.3, 0.4) is 0 Å². The SMILES string of the molecule is CN1CC(C(=O)N2CCCCC2(C)C(=O)O)CC1=O. The summed E-state index contributed by atoms with van der Waals surface area (Å²) >= 11 is 0. The molecule has 2 unspecified atom stereocenters. The van der Waals surface area contributed by atoms with Gasteiger partial charge in [0.05, 0.1) is 5.92 Å². The van der Waals surface area contributed by atoms with Crippen molar-refractivity contribution >= 4 is 17.8 Å². The van der Waals surface area contributed by atoms with Crippen LogP contribution in [0.1, 0.15) is 32.6 Å². The van der Waals surface area contributed by atoms with Crippen LogP contribution in [0.2, 0.25) is 0 Å². The van der Waals surface area contributed by atoms with Crippen LogP contribution < -0.4 is 0 Å². The Morgan fingerprint density at radius 3 is 2.58 bits per heavy atom. The van der Waals surface area contributed by atoms with Gasteiger partial charge >= 0.3 is 5.97 Å². The number of aliphatic carboxylic acids is 1. The first-order valence-corrected chi connectivity index (χ1v) is 6.65. The molecule has 2 rings (SSSR count). The third-order valence-corrected chi connectivity index (χ3v) is 4.31. The van der Waals surface area contributed by atoms with Gasteiger partial charge in [-0.1, -0.05) is 0 Å². The molecule has 2 saturated heterocycles. The molecule has 6 nitrogen and oxygen atoms in total. The quantitative estimate of drug-likeness (QED) is 0.782. The number of likely N-dealkylation sites (tertiary alicyclic amines) is 2. The summed E-state index contributed by atoms with van der Waals surface area (Å²) in [5, 5.41) is 9.39. The number of nitrogens with zero attached hydrogens (tertiary/aromatic N) is 2. The molecule has 0 aliphatic carbocycles. The van der Waals surface area contributed by atoms with E-state index in [9.17, 15) is 19.5 Å². The normalized spacial score (nSPS) is 31.7. The van der Waals surface area contributed by atoms with Crippen molar-refractivity contribution in [2.75, 3.05) is 20.1 Å². The van der Waals surface area contributed by atoms with Crippen molar-refractivity contribution in [3.8, 4) is 0 Å². The van der Waals surface area contributed by atoms with Gasteiger partial charge in [-0.2, -0.15) is 0 Å². The summed E-state index contributed by atoms with van der Waals surface area (Å²) in [5.41, 5.74) is -1.13. The Balaban J connectivity index is 2.17. The fourth-order valence-corrected chi connectivity index (χ4v) is 2.95. The lowest BCUT2D eigenvalue weighted by Crippen LogP contribution is -2.59. The number of hydrogen-bond acceptors (Lipinski definition) is 3. The van der Waals surface area contributed by atoms with E-state index in [0.29, 0.717) is 19.5 Å². The number of rotatable bonds is 2. The number of carbonyl (C=O) groups is 3. The lowest BCUT2D eigenvalue weighted by Gasteiger charge is -2.42. The Labute approximate surface area is 112 Å². The van der Waals surface area contributed by atoms with Gasteiger partial charge < -0.3 is 14.9 Å². The van der Waals surface area contributed by atoms with Crippen molar-refractivity contribution in [1.82, 2.24) is 9.80 Å². The van der Waals surface area contributed by atoms with E-state index in [-0.39, 0.29) is 18.2 Å². The molecule has 2 aliphatic heterocycles. The van der Waals surface area contributed by atoms with Crippen molar-refractivity contribution < 1.29 is 19.5 Å². The maximum atomic E-state index is 12.5. The van der Waals surface area contributed by atoms with Gasteiger partial charge in [-0.25, -0.2) is 4.79 Å². The molecule has 2 amide bonds. The Hall–Kier alpha value is -1.59. The zero-order valence-electron chi connectivity index (χ0n) is 11.4. The van der Waals surface area contributed by atoms with Gasteiger partial charge in [0, 0.05) is 26.6 Å². The van der Waals surface area contributed by atoms with Gasteiger partial charge in [-0.3, -0.25) is 9.59 Å². The number of carboxylic acids is 1. The predicted molar refractivity (Wildman–Crippen MR) is 67.3 cm³/mol. The summed E-state index contributed by atoms with van der Waals surface area (Å²) in [5.74, 6) is -1.60. The number of carboxylic acid groups (broad SMARTS) is 1. The van der Waals surface area contributed by atoms with Gasteiger partial charge in [-0.05, 0) is 26.2 Å². The van der Waals surface area contributed by atoms with Crippen molar-refractivity contribution in [3.63, 3.8) is 0 Å². The average molecular weight is 268 g/mol. The standard InChI is InChI=1S/C13H20N2O4/c1-13(12(18)19)5-3-4-6-15(13)11(17)9-7-10(16)14(2)8-9/h9H,3-8H2,1-2H3,(H,18,19). The molecule has 2 atom stereocenters. The van der Waals surface area contributed by atoms with Crippen LogP contribution in [-0.2, 0) is 14.4 Å². The monoisotopic (exact) mass is 268 g/mol. The van der Waals surface area contributed by atoms with Gasteiger partial charge in [0.1, 0.15) is 5.54 Å². The highest BCUT2D eigenvalue weighted by atomic mass is 16.4. The van der Waals surface area contributed by atoms with E-state index in [1.54, 1.807) is 14.0 Å². The summed E-state index contributed by atoms with van der Waals surface area (Å²) in [6.07, 6.45) is 2.31. The summed E-state index contributed by atoms with van der Waals surface area (Å²) in [6.45, 7) is 2.47. The minimum Gasteiger partial charge on any atom is -0.480 e. The molecule has 0 radical (unpaired) electrons. The number of carbonyl (C=O) groups excluding carboxylic acids is 2. The van der Waals surface area contributed by atoms with Crippen molar-refractivity contribution in [1.29, 1.82) is 0 Å². The molecule has 0 aromatic heterocycles. The van der Waals surface area contributed by atoms with E-state index < -0.39 is 17.4 Å². The maximum absolute atomic E-state index is 12.5. The van der Waals surface area contributed by atoms with Gasteiger partial charge in [0.25, 0.3) is 0 Å². The largest absolute Gasteiger partial charge is 0.480 e. The molecule has 6 heteroatoms. The molecule has 0 bridgehead atoms. The lowest BCUT2D eigenvalue weighted by molar-refractivity contribution is -0.162. The molecule has 0 saturated carbocycles. The first-order valence-electron chi connectivity index (χ1n) is 6.65. The third kappa shape index (κ3) is 2.31. The summed E-state index contributed by atoms with van der Waals surface area (Å²) in [6, 6.07) is 0. The topological polar surface area (TPSA) is 77.9 Å². The fourth-order valence-electron chi connectivity index (χ4n) is 2.95. The van der Waals surface area contributed by atoms with E-state index >= 15 is 0 Å². The highest BCUT2D eigenvalue weighted by Crippen LogP contribution is 2.31. The number of hydrogen-bond donors (Lipinski definition) is 1. The van der Waals surface area contributed by atoms with E-state index in [0.717, 1.165) is 12.8 Å². The Kier molecular flexibility index (Phi) is 3.52. The van der Waals surface area contributed by atoms with Crippen LogP contribution >= 0.6 is 0 Å². The molecule has 2 fully saturated rings. The molecule has 0 aromatic carbocycles. The molecule has 0 aromatic rings. The zero-order chi connectivity index (χ0) is 14.2. The highest BCUT2D eigenvalue weighted by Gasteiger charge is 2.47. The molecule has 1 N–H and O–H groups in total. The average Bonchev–Trinajstić information content (AvgIpc) is 2.69. The van der Waals surface area contributed by atoms with Gasteiger partial charge in [0.2, 0.25) is 11.8 Å². The summed E-state index contributed by atoms with van der Waals surface area (Å²) in [4.78, 5) is 38.5. The van der Waals surface area contributed by atoms with Crippen molar-refractivity contribution in [2.45, 2.75) is 38.1 Å². The Morgan fingerprint density at radius 2 is 2.05 bits per heavy atom. The molecule has 2 aliphatic rings. The minimum atomic E-state index is -1.13. The van der Waals surface area contributed by atoms with Gasteiger partial charge in [0.15, 0.2) is 0 Å². The molecule has 2 heterocycles. The lowest BCUT2D eigenvalue weighted by atomic mass is 9.87. The predicted octanol–water partition coefficient (Wildman–Crippen LogP) is 0.320. The van der Waals surface area contributed by atoms with Gasteiger partial charge in [-0.15, -0.1) is 0 Å². The second-order valence-corrected chi connectivity index (χ2v) is 5.70. The Morgan fingerprint density at radius 1 is 1.37 bits per heavy atom. The van der Waals surface area contributed by atoms with Crippen molar-refractivity contribution in [3.05, 3.63) is 0 Å². The van der Waals surface area contributed by atoms with E-state index in [1.807, 2.05) is 0 Å². The summed E-state index contributed by atoms with van der Waals surface area (Å²) in [7, 11) is 1.67. The van der Waals surface area contributed by atoms with Crippen LogP contribution in [0.5, 0.6) is 0 Å². The first kappa shape index (κ1) is 13.8. The number of piperidine rings is 1. The van der Waals surface area contributed by atoms with Crippen LogP contribution in [-0.4, -0.2) is 58.4 Å². The molecule has 19 heavy (non-hydrogen) atoms. The van der Waals surface area contributed by atoms with Crippen LogP contribution in [0, 0.1) is 5.92 Å². The molecule has 0 spiro atoms. The zero-order valence-corrected chi connectivity index (χ0v) is 11.4. The maximum Gasteiger partial charge on any atom is 0.329 e. The second-order valence-electron chi connectivity index (χ2n) is 5.70. The number of amides is 2. The third-order valence-electron chi connectivity index (χ3n) is 4.31. The first-order chi connectivity index (χ1) is 8.86. The highest BCUT2D eigenvalue weighted by molar-refractivity contribution is 5.92. The van der Waals surface area contributed by atoms with Crippen molar-refractivity contribution in [2.24, 2.45) is 5.92 Å². The summed E-state index contributed by atoms with van der Waals surface area (Å²) < 4.78 is 0. The molecular formula is C13H20N2O4. The smallest absolute Gasteiger partial charge is 0.329 e. The van der Waals surface area contributed by atoms with Crippen LogP contribution in [0.25, 0.3) is 0 Å².